The number of pyridine rings is 1. The number of amides is 1. The van der Waals surface area contributed by atoms with Gasteiger partial charge in [0.2, 0.25) is 5.13 Å². The molecule has 1 fully saturated rings. The summed E-state index contributed by atoms with van der Waals surface area (Å²) in [5.74, 6) is -0.731. The number of ether oxygens (including phenoxy) is 1. The maximum atomic E-state index is 13.3. The van der Waals surface area contributed by atoms with Gasteiger partial charge in [0.15, 0.2) is 4.34 Å². The molecular weight excluding hydrogens is 532 g/mol. The van der Waals surface area contributed by atoms with Gasteiger partial charge in [-0.15, -0.1) is 10.2 Å². The first-order valence-corrected chi connectivity index (χ1v) is 13.2. The van der Waals surface area contributed by atoms with E-state index in [0.717, 1.165) is 5.56 Å². The molecule has 1 saturated heterocycles. The Bertz CT molecular complexity index is 1490. The standard InChI is InChI=1S/C26H19ClN4O4S2/c1-35-18-8-6-16(7-9-18)22(32)20-21(15-10-12-28-13-11-15)31(24(34)23(20)33)25-29-30-26(37-25)36-14-17-4-2-3-5-19(17)27/h2-13,21,32H,14H2,1H3. The van der Waals surface area contributed by atoms with E-state index in [1.165, 1.54) is 35.1 Å². The molecule has 37 heavy (non-hydrogen) atoms. The summed E-state index contributed by atoms with van der Waals surface area (Å²) in [7, 11) is 1.53. The predicted molar refractivity (Wildman–Crippen MR) is 143 cm³/mol. The number of aromatic nitrogens is 3. The van der Waals surface area contributed by atoms with Crippen LogP contribution in [0.5, 0.6) is 5.75 Å². The van der Waals surface area contributed by atoms with Gasteiger partial charge in [-0.1, -0.05) is 52.9 Å². The van der Waals surface area contributed by atoms with Gasteiger partial charge in [0.25, 0.3) is 5.78 Å². The molecule has 0 aliphatic carbocycles. The van der Waals surface area contributed by atoms with Crippen LogP contribution >= 0.6 is 34.7 Å². The van der Waals surface area contributed by atoms with Crippen molar-refractivity contribution in [3.8, 4) is 5.75 Å². The molecule has 0 spiro atoms. The number of methoxy groups -OCH3 is 1. The summed E-state index contributed by atoms with van der Waals surface area (Å²) in [6.45, 7) is 0. The van der Waals surface area contributed by atoms with Crippen LogP contribution in [0.3, 0.4) is 0 Å². The van der Waals surface area contributed by atoms with E-state index in [4.69, 9.17) is 16.3 Å². The van der Waals surface area contributed by atoms with Crippen molar-refractivity contribution in [2.45, 2.75) is 16.1 Å². The first-order valence-electron chi connectivity index (χ1n) is 11.0. The van der Waals surface area contributed by atoms with E-state index in [1.807, 2.05) is 24.3 Å². The molecule has 1 N–H and O–H groups in total. The highest BCUT2D eigenvalue weighted by Gasteiger charge is 2.48. The fourth-order valence-electron chi connectivity index (χ4n) is 3.91. The lowest BCUT2D eigenvalue weighted by Gasteiger charge is -2.22. The summed E-state index contributed by atoms with van der Waals surface area (Å²) >= 11 is 8.87. The fraction of sp³-hybridized carbons (Fsp3) is 0.115. The van der Waals surface area contributed by atoms with E-state index in [1.54, 1.807) is 48.8 Å². The molecule has 1 aliphatic rings. The number of anilines is 1. The maximum absolute atomic E-state index is 13.3. The molecule has 8 nitrogen and oxygen atoms in total. The smallest absolute Gasteiger partial charge is 0.301 e. The molecule has 5 rings (SSSR count). The van der Waals surface area contributed by atoms with Gasteiger partial charge >= 0.3 is 5.91 Å². The molecule has 1 aliphatic heterocycles. The van der Waals surface area contributed by atoms with E-state index in [9.17, 15) is 14.7 Å². The zero-order valence-electron chi connectivity index (χ0n) is 19.4. The van der Waals surface area contributed by atoms with E-state index in [0.29, 0.717) is 32.0 Å². The second-order valence-electron chi connectivity index (χ2n) is 7.91. The van der Waals surface area contributed by atoms with Gasteiger partial charge in [-0.3, -0.25) is 19.5 Å². The van der Waals surface area contributed by atoms with Crippen molar-refractivity contribution in [3.05, 3.63) is 100 Å². The molecule has 1 atom stereocenters. The number of thioether (sulfide) groups is 1. The lowest BCUT2D eigenvalue weighted by Crippen LogP contribution is -2.29. The predicted octanol–water partition coefficient (Wildman–Crippen LogP) is 5.51. The van der Waals surface area contributed by atoms with Gasteiger partial charge in [0.05, 0.1) is 18.7 Å². The Kier molecular flexibility index (Phi) is 7.22. The van der Waals surface area contributed by atoms with Gasteiger partial charge in [-0.25, -0.2) is 0 Å². The summed E-state index contributed by atoms with van der Waals surface area (Å²) < 4.78 is 5.79. The molecule has 0 bridgehead atoms. The van der Waals surface area contributed by atoms with Crippen LogP contribution in [0.1, 0.15) is 22.7 Å². The number of aliphatic hydroxyl groups excluding tert-OH is 1. The Balaban J connectivity index is 1.52. The Morgan fingerprint density at radius 2 is 1.81 bits per heavy atom. The summed E-state index contributed by atoms with van der Waals surface area (Å²) in [5, 5.41) is 20.5. The molecular formula is C26H19ClN4O4S2. The normalized spacial score (nSPS) is 16.8. The van der Waals surface area contributed by atoms with Gasteiger partial charge in [0, 0.05) is 28.7 Å². The third-order valence-electron chi connectivity index (χ3n) is 5.74. The van der Waals surface area contributed by atoms with Gasteiger partial charge < -0.3 is 9.84 Å². The Labute approximate surface area is 225 Å². The number of carbonyl (C=O) groups is 2. The maximum Gasteiger partial charge on any atom is 0.301 e. The van der Waals surface area contributed by atoms with Gasteiger partial charge in [0.1, 0.15) is 11.5 Å². The van der Waals surface area contributed by atoms with Gasteiger partial charge in [-0.05, 0) is 53.6 Å². The molecule has 4 aromatic rings. The molecule has 2 aromatic heterocycles. The number of aliphatic hydroxyl groups is 1. The number of nitrogens with zero attached hydrogens (tertiary/aromatic N) is 4. The average Bonchev–Trinajstić information content (AvgIpc) is 3.50. The van der Waals surface area contributed by atoms with Gasteiger partial charge in [-0.2, -0.15) is 0 Å². The zero-order chi connectivity index (χ0) is 25.9. The van der Waals surface area contributed by atoms with Crippen molar-refractivity contribution in [3.63, 3.8) is 0 Å². The van der Waals surface area contributed by atoms with E-state index < -0.39 is 17.7 Å². The SMILES string of the molecule is COc1ccc(C(O)=C2C(=O)C(=O)N(c3nnc(SCc4ccccc4Cl)s3)C2c2ccncc2)cc1. The molecule has 186 valence electrons. The van der Waals surface area contributed by atoms with Crippen LogP contribution in [-0.2, 0) is 15.3 Å². The monoisotopic (exact) mass is 550 g/mol. The van der Waals surface area contributed by atoms with Crippen molar-refractivity contribution >= 4 is 57.3 Å². The quantitative estimate of drug-likeness (QED) is 0.105. The largest absolute Gasteiger partial charge is 0.507 e. The lowest BCUT2D eigenvalue weighted by molar-refractivity contribution is -0.132. The van der Waals surface area contributed by atoms with Crippen LogP contribution in [-0.4, -0.2) is 39.1 Å². The van der Waals surface area contributed by atoms with Crippen molar-refractivity contribution < 1.29 is 19.4 Å². The van der Waals surface area contributed by atoms with Crippen molar-refractivity contribution in [1.29, 1.82) is 0 Å². The zero-order valence-corrected chi connectivity index (χ0v) is 21.8. The first kappa shape index (κ1) is 24.9. The second-order valence-corrected chi connectivity index (χ2v) is 10.5. The average molecular weight is 551 g/mol. The van der Waals surface area contributed by atoms with Crippen molar-refractivity contribution in [2.75, 3.05) is 12.0 Å². The minimum atomic E-state index is -0.903. The second kappa shape index (κ2) is 10.7. The Morgan fingerprint density at radius 3 is 2.51 bits per heavy atom. The molecule has 3 heterocycles. The molecule has 0 saturated carbocycles. The van der Waals surface area contributed by atoms with Crippen LogP contribution in [0.25, 0.3) is 5.76 Å². The molecule has 1 amide bonds. The highest BCUT2D eigenvalue weighted by atomic mass is 35.5. The number of carbonyl (C=O) groups excluding carboxylic acids is 2. The molecule has 1 unspecified atom stereocenters. The third kappa shape index (κ3) is 4.95. The van der Waals surface area contributed by atoms with E-state index >= 15 is 0 Å². The number of Topliss-reactive ketones (excluding diaryl/α,β-unsaturated/α-hetero) is 1. The van der Waals surface area contributed by atoms with Crippen LogP contribution < -0.4 is 9.64 Å². The van der Waals surface area contributed by atoms with E-state index in [-0.39, 0.29) is 16.5 Å². The Hall–Kier alpha value is -3.73. The summed E-state index contributed by atoms with van der Waals surface area (Å²) in [6.07, 6.45) is 3.13. The summed E-state index contributed by atoms with van der Waals surface area (Å²) in [5.41, 5.74) is 1.89. The van der Waals surface area contributed by atoms with Crippen LogP contribution in [0.2, 0.25) is 5.02 Å². The highest BCUT2D eigenvalue weighted by molar-refractivity contribution is 8.00. The molecule has 11 heteroatoms. The van der Waals surface area contributed by atoms with Crippen LogP contribution in [0.4, 0.5) is 5.13 Å². The first-order chi connectivity index (χ1) is 18.0. The van der Waals surface area contributed by atoms with Crippen LogP contribution in [0, 0.1) is 0 Å². The number of rotatable bonds is 7. The minimum Gasteiger partial charge on any atom is -0.507 e. The number of hydrogen-bond donors (Lipinski definition) is 1. The summed E-state index contributed by atoms with van der Waals surface area (Å²) in [4.78, 5) is 31.9. The number of ketones is 1. The Morgan fingerprint density at radius 1 is 1.08 bits per heavy atom. The lowest BCUT2D eigenvalue weighted by atomic mass is 9.96. The number of halogens is 1. The molecule has 0 radical (unpaired) electrons. The van der Waals surface area contributed by atoms with Crippen molar-refractivity contribution in [2.24, 2.45) is 0 Å². The van der Waals surface area contributed by atoms with E-state index in [2.05, 4.69) is 15.2 Å². The minimum absolute atomic E-state index is 0.0400. The van der Waals surface area contributed by atoms with Crippen molar-refractivity contribution in [1.82, 2.24) is 15.2 Å². The molecule has 2 aromatic carbocycles. The highest BCUT2D eigenvalue weighted by Crippen LogP contribution is 2.44. The number of hydrogen-bond acceptors (Lipinski definition) is 9. The fourth-order valence-corrected chi connectivity index (χ4v) is 6.06. The van der Waals surface area contributed by atoms with Crippen LogP contribution in [0.15, 0.2) is 83.0 Å². The number of benzene rings is 2. The third-order valence-corrected chi connectivity index (χ3v) is 8.21. The summed E-state index contributed by atoms with van der Waals surface area (Å²) in [6, 6.07) is 16.6. The topological polar surface area (TPSA) is 106 Å².